The van der Waals surface area contributed by atoms with Gasteiger partial charge in [-0.25, -0.2) is 5.84 Å². The van der Waals surface area contributed by atoms with Crippen LogP contribution in [0.25, 0.3) is 11.3 Å². The first-order valence-electron chi connectivity index (χ1n) is 6.77. The molecule has 0 spiro atoms. The summed E-state index contributed by atoms with van der Waals surface area (Å²) in [5.41, 5.74) is 4.94. The zero-order valence-electron chi connectivity index (χ0n) is 12.4. The maximum atomic E-state index is 11.6. The van der Waals surface area contributed by atoms with Crippen molar-refractivity contribution in [1.82, 2.24) is 10.4 Å². The Bertz CT molecular complexity index is 654. The van der Waals surface area contributed by atoms with Crippen LogP contribution in [0, 0.1) is 6.92 Å². The molecule has 5 heteroatoms. The van der Waals surface area contributed by atoms with Crippen molar-refractivity contribution in [2.75, 3.05) is 0 Å². The number of aromatic nitrogens is 1. The number of nitrogens with one attached hydrogen (secondary N) is 1. The first kappa shape index (κ1) is 15.0. The molecule has 0 saturated heterocycles. The van der Waals surface area contributed by atoms with Gasteiger partial charge >= 0.3 is 0 Å². The number of hydrogen-bond acceptors (Lipinski definition) is 4. The minimum atomic E-state index is -0.344. The number of hydrogen-bond donors (Lipinski definition) is 2. The van der Waals surface area contributed by atoms with Gasteiger partial charge in [0, 0.05) is 5.56 Å². The van der Waals surface area contributed by atoms with Crippen molar-refractivity contribution in [2.45, 2.75) is 26.9 Å². The summed E-state index contributed by atoms with van der Waals surface area (Å²) >= 11 is 0. The van der Waals surface area contributed by atoms with E-state index in [1.165, 1.54) is 0 Å². The van der Waals surface area contributed by atoms with Crippen LogP contribution < -0.4 is 16.0 Å². The number of nitrogens with zero attached hydrogens (tertiary/aromatic N) is 1. The molecule has 0 radical (unpaired) electrons. The number of carbonyl (C=O) groups is 1. The zero-order valence-corrected chi connectivity index (χ0v) is 12.4. The van der Waals surface area contributed by atoms with Crippen LogP contribution in [-0.4, -0.2) is 17.0 Å². The number of carbonyl (C=O) groups excluding carboxylic acids is 1. The van der Waals surface area contributed by atoms with E-state index < -0.39 is 0 Å². The van der Waals surface area contributed by atoms with E-state index in [4.69, 9.17) is 10.6 Å². The van der Waals surface area contributed by atoms with Crippen molar-refractivity contribution in [2.24, 2.45) is 5.84 Å². The second-order valence-electron chi connectivity index (χ2n) is 5.00. The first-order valence-corrected chi connectivity index (χ1v) is 6.77. The third-order valence-corrected chi connectivity index (χ3v) is 2.96. The van der Waals surface area contributed by atoms with E-state index in [1.807, 2.05) is 38.1 Å². The van der Waals surface area contributed by atoms with Crippen molar-refractivity contribution in [3.63, 3.8) is 0 Å². The summed E-state index contributed by atoms with van der Waals surface area (Å²) in [5, 5.41) is 0. The van der Waals surface area contributed by atoms with Gasteiger partial charge in [0.25, 0.3) is 5.91 Å². The minimum Gasteiger partial charge on any atom is -0.491 e. The lowest BCUT2D eigenvalue weighted by molar-refractivity contribution is 0.0952. The highest BCUT2D eigenvalue weighted by atomic mass is 16.5. The molecule has 0 fully saturated rings. The highest BCUT2D eigenvalue weighted by molar-refractivity contribution is 5.95. The Balaban J connectivity index is 2.34. The fraction of sp³-hybridized carbons (Fsp3) is 0.250. The van der Waals surface area contributed by atoms with Gasteiger partial charge in [0.05, 0.1) is 23.1 Å². The number of nitrogens with two attached hydrogens (primary N) is 1. The molecular formula is C16H19N3O2. The van der Waals surface area contributed by atoms with Crippen molar-refractivity contribution in [3.05, 3.63) is 47.7 Å². The van der Waals surface area contributed by atoms with Crippen LogP contribution in [0.3, 0.4) is 0 Å². The van der Waals surface area contributed by atoms with E-state index in [0.717, 1.165) is 17.0 Å². The van der Waals surface area contributed by atoms with E-state index in [2.05, 4.69) is 10.4 Å². The van der Waals surface area contributed by atoms with Gasteiger partial charge in [-0.1, -0.05) is 12.1 Å². The maximum Gasteiger partial charge on any atom is 0.267 e. The maximum absolute atomic E-state index is 11.6. The third-order valence-electron chi connectivity index (χ3n) is 2.96. The molecular weight excluding hydrogens is 266 g/mol. The molecule has 5 nitrogen and oxygen atoms in total. The van der Waals surface area contributed by atoms with E-state index in [1.54, 1.807) is 19.1 Å². The Morgan fingerprint density at radius 3 is 2.67 bits per heavy atom. The van der Waals surface area contributed by atoms with Gasteiger partial charge in [-0.2, -0.15) is 0 Å². The average Bonchev–Trinajstić information content (AvgIpc) is 2.46. The topological polar surface area (TPSA) is 77.2 Å². The summed E-state index contributed by atoms with van der Waals surface area (Å²) in [7, 11) is 0. The van der Waals surface area contributed by atoms with Gasteiger partial charge < -0.3 is 4.74 Å². The molecule has 1 heterocycles. The predicted molar refractivity (Wildman–Crippen MR) is 81.8 cm³/mol. The Labute approximate surface area is 124 Å². The lowest BCUT2D eigenvalue weighted by atomic mass is 10.1. The molecule has 3 N–H and O–H groups in total. The van der Waals surface area contributed by atoms with Crippen molar-refractivity contribution in [1.29, 1.82) is 0 Å². The fourth-order valence-corrected chi connectivity index (χ4v) is 2.04. The standard InChI is InChI=1S/C16H19N3O2/c1-10(2)21-13-6-4-5-12(9-13)15-8-7-14(11(3)18-15)16(20)19-17/h4-10H,17H2,1-3H3,(H,19,20). The number of nitrogen functional groups attached to an aromatic ring is 1. The summed E-state index contributed by atoms with van der Waals surface area (Å²) in [6.45, 7) is 5.74. The molecule has 21 heavy (non-hydrogen) atoms. The summed E-state index contributed by atoms with van der Waals surface area (Å²) in [6.07, 6.45) is 0.116. The van der Waals surface area contributed by atoms with E-state index in [0.29, 0.717) is 11.3 Å². The lowest BCUT2D eigenvalue weighted by Gasteiger charge is -2.11. The summed E-state index contributed by atoms with van der Waals surface area (Å²) in [4.78, 5) is 16.0. The van der Waals surface area contributed by atoms with Crippen LogP contribution in [0.2, 0.25) is 0 Å². The highest BCUT2D eigenvalue weighted by Gasteiger charge is 2.10. The number of rotatable bonds is 4. The Morgan fingerprint density at radius 1 is 1.29 bits per heavy atom. The summed E-state index contributed by atoms with van der Waals surface area (Å²) < 4.78 is 5.68. The van der Waals surface area contributed by atoms with Gasteiger partial charge in [0.1, 0.15) is 5.75 Å². The lowest BCUT2D eigenvalue weighted by Crippen LogP contribution is -2.30. The fourth-order valence-electron chi connectivity index (χ4n) is 2.04. The second-order valence-corrected chi connectivity index (χ2v) is 5.00. The Morgan fingerprint density at radius 2 is 2.05 bits per heavy atom. The Kier molecular flexibility index (Phi) is 4.55. The van der Waals surface area contributed by atoms with Crippen molar-refractivity contribution < 1.29 is 9.53 Å². The molecule has 0 aliphatic heterocycles. The first-order chi connectivity index (χ1) is 10.0. The molecule has 0 saturated carbocycles. The van der Waals surface area contributed by atoms with Crippen LogP contribution >= 0.6 is 0 Å². The largest absolute Gasteiger partial charge is 0.491 e. The monoisotopic (exact) mass is 285 g/mol. The van der Waals surface area contributed by atoms with Crippen molar-refractivity contribution in [3.8, 4) is 17.0 Å². The molecule has 0 atom stereocenters. The second kappa shape index (κ2) is 6.37. The number of benzene rings is 1. The molecule has 1 aromatic heterocycles. The predicted octanol–water partition coefficient (Wildman–Crippen LogP) is 2.45. The van der Waals surface area contributed by atoms with Crippen LogP contribution in [0.1, 0.15) is 29.9 Å². The van der Waals surface area contributed by atoms with Gasteiger partial charge in [-0.05, 0) is 45.0 Å². The number of hydrazine groups is 1. The molecule has 110 valence electrons. The molecule has 1 amide bonds. The molecule has 2 aromatic rings. The molecule has 0 bridgehead atoms. The highest BCUT2D eigenvalue weighted by Crippen LogP contribution is 2.24. The van der Waals surface area contributed by atoms with Gasteiger partial charge in [0.2, 0.25) is 0 Å². The summed E-state index contributed by atoms with van der Waals surface area (Å²) in [6, 6.07) is 11.2. The van der Waals surface area contributed by atoms with Crippen LogP contribution in [0.4, 0.5) is 0 Å². The molecule has 0 unspecified atom stereocenters. The van der Waals surface area contributed by atoms with Crippen LogP contribution in [0.5, 0.6) is 5.75 Å². The number of amides is 1. The van der Waals surface area contributed by atoms with Crippen molar-refractivity contribution >= 4 is 5.91 Å². The number of aryl methyl sites for hydroxylation is 1. The van der Waals surface area contributed by atoms with E-state index in [-0.39, 0.29) is 12.0 Å². The van der Waals surface area contributed by atoms with E-state index >= 15 is 0 Å². The van der Waals surface area contributed by atoms with Gasteiger partial charge in [-0.3, -0.25) is 15.2 Å². The number of ether oxygens (including phenoxy) is 1. The van der Waals surface area contributed by atoms with Gasteiger partial charge in [-0.15, -0.1) is 0 Å². The molecule has 0 aliphatic rings. The average molecular weight is 285 g/mol. The van der Waals surface area contributed by atoms with Gasteiger partial charge in [0.15, 0.2) is 0 Å². The van der Waals surface area contributed by atoms with E-state index in [9.17, 15) is 4.79 Å². The quantitative estimate of drug-likeness (QED) is 0.514. The third kappa shape index (κ3) is 3.58. The van der Waals surface area contributed by atoms with Crippen LogP contribution in [0.15, 0.2) is 36.4 Å². The van der Waals surface area contributed by atoms with Crippen LogP contribution in [-0.2, 0) is 0 Å². The number of pyridine rings is 1. The molecule has 1 aromatic carbocycles. The molecule has 0 aliphatic carbocycles. The summed E-state index contributed by atoms with van der Waals surface area (Å²) in [5.74, 6) is 5.60. The normalized spacial score (nSPS) is 10.5. The Hall–Kier alpha value is -2.40. The minimum absolute atomic E-state index is 0.116. The zero-order chi connectivity index (χ0) is 15.4. The smallest absolute Gasteiger partial charge is 0.267 e. The SMILES string of the molecule is Cc1nc(-c2cccc(OC(C)C)c2)ccc1C(=O)NN. The molecule has 2 rings (SSSR count).